The molecule has 1 saturated carbocycles. The van der Waals surface area contributed by atoms with E-state index in [1.54, 1.807) is 32.7 Å². The Balaban J connectivity index is 1.96. The number of anilines is 1. The summed E-state index contributed by atoms with van der Waals surface area (Å²) < 4.78 is 6.12. The molecule has 2 unspecified atom stereocenters. The van der Waals surface area contributed by atoms with Gasteiger partial charge in [-0.25, -0.2) is 9.61 Å². The second kappa shape index (κ2) is 13.3. The van der Waals surface area contributed by atoms with E-state index in [1.807, 2.05) is 20.8 Å². The van der Waals surface area contributed by atoms with E-state index in [0.717, 1.165) is 32.1 Å². The van der Waals surface area contributed by atoms with Crippen LogP contribution in [0.2, 0.25) is 0 Å². The van der Waals surface area contributed by atoms with E-state index in [2.05, 4.69) is 25.9 Å². The number of aromatic nitrogens is 4. The van der Waals surface area contributed by atoms with E-state index in [9.17, 15) is 24.3 Å². The van der Waals surface area contributed by atoms with Crippen molar-refractivity contribution >= 4 is 23.6 Å². The maximum atomic E-state index is 13.8. The quantitative estimate of drug-likeness (QED) is 0.363. The van der Waals surface area contributed by atoms with Crippen molar-refractivity contribution in [3.63, 3.8) is 0 Å². The molecule has 2 aromatic rings. The number of hydrogen-bond acceptors (Lipinski definition) is 9. The third-order valence-corrected chi connectivity index (χ3v) is 7.69. The number of nitrogens with zero attached hydrogens (tertiary/aromatic N) is 5. The van der Waals surface area contributed by atoms with Crippen LogP contribution in [-0.4, -0.2) is 66.8 Å². The van der Waals surface area contributed by atoms with E-state index >= 15 is 0 Å². The summed E-state index contributed by atoms with van der Waals surface area (Å²) in [4.78, 5) is 58.8. The van der Waals surface area contributed by atoms with Gasteiger partial charge in [-0.2, -0.15) is 0 Å². The average Bonchev–Trinajstić information content (AvgIpc) is 3.33. The summed E-state index contributed by atoms with van der Waals surface area (Å²) in [5.41, 5.74) is 1.20. The summed E-state index contributed by atoms with van der Waals surface area (Å²) in [6.07, 6.45) is 4.45. The van der Waals surface area contributed by atoms with Crippen molar-refractivity contribution in [2.24, 2.45) is 0 Å². The number of carbonyl (C=O) groups is 3. The zero-order valence-corrected chi connectivity index (χ0v) is 25.1. The van der Waals surface area contributed by atoms with Crippen molar-refractivity contribution in [1.82, 2.24) is 30.1 Å². The first-order valence-corrected chi connectivity index (χ1v) is 14.2. The van der Waals surface area contributed by atoms with E-state index in [1.165, 1.54) is 4.57 Å². The first-order chi connectivity index (χ1) is 19.3. The number of aliphatic carboxylic acids is 1. The van der Waals surface area contributed by atoms with Gasteiger partial charge in [-0.1, -0.05) is 57.3 Å². The molecule has 226 valence electrons. The number of hydrogen-bond donors (Lipinski definition) is 3. The molecule has 0 radical (unpaired) electrons. The Labute approximate surface area is 240 Å². The van der Waals surface area contributed by atoms with E-state index in [4.69, 9.17) is 4.63 Å². The minimum atomic E-state index is -1.26. The fourth-order valence-electron chi connectivity index (χ4n) is 5.42. The molecule has 2 amide bonds. The van der Waals surface area contributed by atoms with Crippen LogP contribution < -0.4 is 16.2 Å². The number of carbonyl (C=O) groups excluding carboxylic acids is 2. The number of amides is 2. The highest BCUT2D eigenvalue weighted by Crippen LogP contribution is 2.27. The van der Waals surface area contributed by atoms with Crippen molar-refractivity contribution in [3.05, 3.63) is 33.1 Å². The molecule has 0 bridgehead atoms. The number of aryl methyl sites for hydroxylation is 1. The van der Waals surface area contributed by atoms with Crippen LogP contribution in [0.25, 0.3) is 0 Å². The molecule has 3 rings (SSSR count). The Hall–Kier alpha value is -3.77. The fourth-order valence-corrected chi connectivity index (χ4v) is 5.42. The SMILES string of the molecule is CCC(C(=O)NC(CC(=O)O)C(=O)N(C)C1CCCCC1)n1c(C)c(C(C)(C)C)nc(NCc2nonc2C)c1=O. The highest BCUT2D eigenvalue weighted by Gasteiger charge is 2.34. The number of carboxylic acids is 1. The molecule has 41 heavy (non-hydrogen) atoms. The first kappa shape index (κ1) is 31.8. The predicted molar refractivity (Wildman–Crippen MR) is 151 cm³/mol. The summed E-state index contributed by atoms with van der Waals surface area (Å²) in [5.74, 6) is -2.23. The zero-order valence-electron chi connectivity index (χ0n) is 25.1. The van der Waals surface area contributed by atoms with Crippen molar-refractivity contribution in [3.8, 4) is 0 Å². The van der Waals surface area contributed by atoms with E-state index < -0.39 is 47.3 Å². The van der Waals surface area contributed by atoms with Crippen LogP contribution in [0.3, 0.4) is 0 Å². The number of nitrogens with one attached hydrogen (secondary N) is 2. The Kier molecular flexibility index (Phi) is 10.3. The summed E-state index contributed by atoms with van der Waals surface area (Å²) in [6.45, 7) is 11.2. The molecule has 1 aliphatic rings. The van der Waals surface area contributed by atoms with Gasteiger partial charge in [-0.3, -0.25) is 23.7 Å². The Morgan fingerprint density at radius 1 is 1.15 bits per heavy atom. The standard InChI is InChI=1S/C28H43N7O6/c1-8-21(25(38)30-19(14-22(36)37)26(39)34(7)18-12-10-9-11-13-18)35-17(3)23(28(4,5)6)31-24(27(35)40)29-15-20-16(2)32-41-33-20/h18-19,21H,8-15H2,1-7H3,(H,29,31)(H,30,38)(H,36,37). The lowest BCUT2D eigenvalue weighted by Gasteiger charge is -2.34. The summed E-state index contributed by atoms with van der Waals surface area (Å²) in [7, 11) is 1.66. The number of likely N-dealkylation sites (N-methyl/N-ethyl adjacent to an activating group) is 1. The molecular weight excluding hydrogens is 530 g/mol. The van der Waals surface area contributed by atoms with Gasteiger partial charge in [-0.05, 0) is 33.1 Å². The van der Waals surface area contributed by atoms with Crippen LogP contribution in [0.1, 0.15) is 101 Å². The predicted octanol–water partition coefficient (Wildman–Crippen LogP) is 2.85. The lowest BCUT2D eigenvalue weighted by molar-refractivity contribution is -0.144. The zero-order chi connectivity index (χ0) is 30.5. The van der Waals surface area contributed by atoms with Crippen LogP contribution in [0.15, 0.2) is 9.42 Å². The largest absolute Gasteiger partial charge is 0.481 e. The monoisotopic (exact) mass is 573 g/mol. The lowest BCUT2D eigenvalue weighted by atomic mass is 9.90. The average molecular weight is 574 g/mol. The van der Waals surface area contributed by atoms with Crippen LogP contribution in [0.5, 0.6) is 0 Å². The van der Waals surface area contributed by atoms with Gasteiger partial charge in [0, 0.05) is 24.2 Å². The highest BCUT2D eigenvalue weighted by atomic mass is 16.6. The molecule has 13 heteroatoms. The topological polar surface area (TPSA) is 173 Å². The second-order valence-corrected chi connectivity index (χ2v) is 11.8. The van der Waals surface area contributed by atoms with Crippen molar-refractivity contribution in [2.45, 2.75) is 117 Å². The molecular formula is C28H43N7O6. The molecule has 0 aliphatic heterocycles. The molecule has 0 aromatic carbocycles. The Morgan fingerprint density at radius 3 is 2.34 bits per heavy atom. The van der Waals surface area contributed by atoms with Gasteiger partial charge in [0.25, 0.3) is 5.56 Å². The maximum Gasteiger partial charge on any atom is 0.305 e. The van der Waals surface area contributed by atoms with Gasteiger partial charge >= 0.3 is 5.97 Å². The second-order valence-electron chi connectivity index (χ2n) is 11.8. The Morgan fingerprint density at radius 2 is 1.80 bits per heavy atom. The van der Waals surface area contributed by atoms with Gasteiger partial charge in [-0.15, -0.1) is 0 Å². The third kappa shape index (κ3) is 7.50. The molecule has 2 atom stereocenters. The molecule has 0 spiro atoms. The number of carboxylic acid groups (broad SMARTS) is 1. The van der Waals surface area contributed by atoms with Crippen molar-refractivity contribution in [2.75, 3.05) is 12.4 Å². The van der Waals surface area contributed by atoms with E-state index in [0.29, 0.717) is 22.8 Å². The smallest absolute Gasteiger partial charge is 0.305 e. The molecule has 3 N–H and O–H groups in total. The first-order valence-electron chi connectivity index (χ1n) is 14.2. The summed E-state index contributed by atoms with van der Waals surface area (Å²) >= 11 is 0. The van der Waals surface area contributed by atoms with Crippen molar-refractivity contribution in [1.29, 1.82) is 0 Å². The molecule has 2 aromatic heterocycles. The molecule has 1 fully saturated rings. The fraction of sp³-hybridized carbons (Fsp3) is 0.679. The van der Waals surface area contributed by atoms with Gasteiger partial charge in [0.2, 0.25) is 11.8 Å². The molecule has 0 saturated heterocycles. The van der Waals surface area contributed by atoms with Gasteiger partial charge in [0.1, 0.15) is 23.5 Å². The van der Waals surface area contributed by atoms with Crippen LogP contribution in [-0.2, 0) is 26.3 Å². The van der Waals surface area contributed by atoms with Gasteiger partial charge in [0.15, 0.2) is 5.82 Å². The molecule has 13 nitrogen and oxygen atoms in total. The van der Waals surface area contributed by atoms with Gasteiger partial charge < -0.3 is 20.6 Å². The van der Waals surface area contributed by atoms with Crippen molar-refractivity contribution < 1.29 is 24.1 Å². The minimum Gasteiger partial charge on any atom is -0.481 e. The summed E-state index contributed by atoms with van der Waals surface area (Å²) in [5, 5.41) is 22.8. The van der Waals surface area contributed by atoms with E-state index in [-0.39, 0.29) is 24.8 Å². The minimum absolute atomic E-state index is 0.00279. The summed E-state index contributed by atoms with van der Waals surface area (Å²) in [6, 6.07) is -2.27. The third-order valence-electron chi connectivity index (χ3n) is 7.69. The molecule has 1 aliphatic carbocycles. The maximum absolute atomic E-state index is 13.8. The normalized spacial score (nSPS) is 15.7. The van der Waals surface area contributed by atoms with Gasteiger partial charge in [0.05, 0.1) is 18.7 Å². The van der Waals surface area contributed by atoms with Crippen LogP contribution >= 0.6 is 0 Å². The molecule has 2 heterocycles. The number of rotatable bonds is 11. The lowest BCUT2D eigenvalue weighted by Crippen LogP contribution is -2.53. The highest BCUT2D eigenvalue weighted by molar-refractivity contribution is 5.91. The van der Waals surface area contributed by atoms with Crippen LogP contribution in [0.4, 0.5) is 5.82 Å². The van der Waals surface area contributed by atoms with Crippen LogP contribution in [0, 0.1) is 13.8 Å². The Bertz CT molecular complexity index is 1310.